The highest BCUT2D eigenvalue weighted by Crippen LogP contribution is 2.21. The van der Waals surface area contributed by atoms with E-state index in [1.165, 1.54) is 29.2 Å². The van der Waals surface area contributed by atoms with Crippen molar-refractivity contribution in [3.63, 3.8) is 0 Å². The molecular weight excluding hydrogens is 400 g/mol. The standard InChI is InChI=1S/C20H19ClN2O4S/c1-14-9-10-18(27-14)13-23(2)20(24)15-5-3-8-19(11-15)28(25,26)22-17-7-4-6-16(21)12-17/h3-12,22H,13H2,1-2H3. The van der Waals surface area contributed by atoms with Crippen LogP contribution in [0.25, 0.3) is 0 Å². The van der Waals surface area contributed by atoms with Gasteiger partial charge in [0.1, 0.15) is 11.5 Å². The number of sulfonamides is 1. The van der Waals surface area contributed by atoms with Crippen molar-refractivity contribution in [1.82, 2.24) is 4.90 Å². The molecule has 0 bridgehead atoms. The van der Waals surface area contributed by atoms with Crippen LogP contribution in [-0.2, 0) is 16.6 Å². The van der Waals surface area contributed by atoms with Gasteiger partial charge >= 0.3 is 0 Å². The molecule has 0 radical (unpaired) electrons. The topological polar surface area (TPSA) is 79.6 Å². The fourth-order valence-corrected chi connectivity index (χ4v) is 3.94. The van der Waals surface area contributed by atoms with E-state index in [1.807, 2.05) is 13.0 Å². The molecule has 0 atom stereocenters. The van der Waals surface area contributed by atoms with E-state index in [4.69, 9.17) is 16.0 Å². The monoisotopic (exact) mass is 418 g/mol. The Morgan fingerprint density at radius 1 is 1.11 bits per heavy atom. The van der Waals surface area contributed by atoms with Crippen LogP contribution in [0.4, 0.5) is 5.69 Å². The summed E-state index contributed by atoms with van der Waals surface area (Å²) in [6.45, 7) is 2.11. The SMILES string of the molecule is Cc1ccc(CN(C)C(=O)c2cccc(S(=O)(=O)Nc3cccc(Cl)c3)c2)o1. The van der Waals surface area contributed by atoms with E-state index in [2.05, 4.69) is 4.72 Å². The number of nitrogens with one attached hydrogen (secondary N) is 1. The third-order valence-corrected chi connectivity index (χ3v) is 5.62. The van der Waals surface area contributed by atoms with Crippen molar-refractivity contribution in [1.29, 1.82) is 0 Å². The number of aryl methyl sites for hydroxylation is 1. The minimum absolute atomic E-state index is 0.0134. The first kappa shape index (κ1) is 20.0. The smallest absolute Gasteiger partial charge is 0.261 e. The number of hydrogen-bond donors (Lipinski definition) is 1. The summed E-state index contributed by atoms with van der Waals surface area (Å²) in [6, 6.07) is 15.9. The molecule has 8 heteroatoms. The third-order valence-electron chi connectivity index (χ3n) is 4.00. The Bertz CT molecular complexity index is 1110. The van der Waals surface area contributed by atoms with Gasteiger partial charge in [-0.2, -0.15) is 0 Å². The zero-order valence-corrected chi connectivity index (χ0v) is 16.9. The van der Waals surface area contributed by atoms with E-state index in [-0.39, 0.29) is 22.9 Å². The number of benzene rings is 2. The molecule has 0 spiro atoms. The average Bonchev–Trinajstić information content (AvgIpc) is 3.05. The summed E-state index contributed by atoms with van der Waals surface area (Å²) in [7, 11) is -2.23. The first-order valence-electron chi connectivity index (χ1n) is 8.44. The van der Waals surface area contributed by atoms with Gasteiger partial charge in [0, 0.05) is 17.6 Å². The van der Waals surface area contributed by atoms with Crippen LogP contribution in [0.2, 0.25) is 5.02 Å². The summed E-state index contributed by atoms with van der Waals surface area (Å²) in [6.07, 6.45) is 0. The summed E-state index contributed by atoms with van der Waals surface area (Å²) in [5.41, 5.74) is 0.606. The minimum atomic E-state index is -3.87. The lowest BCUT2D eigenvalue weighted by Crippen LogP contribution is -2.26. The van der Waals surface area contributed by atoms with Crippen molar-refractivity contribution < 1.29 is 17.6 Å². The molecule has 1 heterocycles. The fourth-order valence-electron chi connectivity index (χ4n) is 2.66. The molecule has 146 valence electrons. The number of rotatable bonds is 6. The van der Waals surface area contributed by atoms with E-state index in [1.54, 1.807) is 37.4 Å². The lowest BCUT2D eigenvalue weighted by molar-refractivity contribution is 0.0774. The number of anilines is 1. The number of furan rings is 1. The maximum absolute atomic E-state index is 12.7. The summed E-state index contributed by atoms with van der Waals surface area (Å²) >= 11 is 5.90. The number of nitrogens with zero attached hydrogens (tertiary/aromatic N) is 1. The van der Waals surface area contributed by atoms with Gasteiger partial charge in [0.25, 0.3) is 15.9 Å². The highest BCUT2D eigenvalue weighted by atomic mass is 35.5. The zero-order chi connectivity index (χ0) is 20.3. The Morgan fingerprint density at radius 2 is 1.86 bits per heavy atom. The normalized spacial score (nSPS) is 11.2. The number of carbonyl (C=O) groups excluding carboxylic acids is 1. The average molecular weight is 419 g/mol. The van der Waals surface area contributed by atoms with E-state index in [0.29, 0.717) is 16.5 Å². The van der Waals surface area contributed by atoms with Crippen molar-refractivity contribution in [2.24, 2.45) is 0 Å². The number of amides is 1. The van der Waals surface area contributed by atoms with Crippen LogP contribution in [-0.4, -0.2) is 26.3 Å². The largest absolute Gasteiger partial charge is 0.464 e. The van der Waals surface area contributed by atoms with Gasteiger partial charge in [0.05, 0.1) is 17.1 Å². The van der Waals surface area contributed by atoms with Crippen molar-refractivity contribution >= 4 is 33.2 Å². The number of hydrogen-bond acceptors (Lipinski definition) is 4. The molecule has 6 nitrogen and oxygen atoms in total. The molecule has 0 saturated carbocycles. The third kappa shape index (κ3) is 4.74. The van der Waals surface area contributed by atoms with Gasteiger partial charge in [-0.25, -0.2) is 8.42 Å². The number of halogens is 1. The van der Waals surface area contributed by atoms with Crippen molar-refractivity contribution in [3.05, 3.63) is 82.8 Å². The van der Waals surface area contributed by atoms with Crippen molar-refractivity contribution in [3.8, 4) is 0 Å². The van der Waals surface area contributed by atoms with Crippen LogP contribution in [0.15, 0.2) is 70.0 Å². The van der Waals surface area contributed by atoms with E-state index >= 15 is 0 Å². The van der Waals surface area contributed by atoms with Crippen molar-refractivity contribution in [2.75, 3.05) is 11.8 Å². The Balaban J connectivity index is 1.79. The lowest BCUT2D eigenvalue weighted by Gasteiger charge is -2.16. The molecule has 0 fully saturated rings. The molecule has 1 aromatic heterocycles. The fraction of sp³-hybridized carbons (Fsp3) is 0.150. The molecule has 2 aromatic carbocycles. The predicted octanol–water partition coefficient (Wildman–Crippen LogP) is 4.31. The molecule has 1 amide bonds. The van der Waals surface area contributed by atoms with Crippen LogP contribution in [0, 0.1) is 6.92 Å². The molecule has 0 saturated heterocycles. The van der Waals surface area contributed by atoms with Crippen LogP contribution in [0.1, 0.15) is 21.9 Å². The van der Waals surface area contributed by atoms with Gasteiger partial charge in [-0.15, -0.1) is 0 Å². The molecule has 3 aromatic rings. The lowest BCUT2D eigenvalue weighted by atomic mass is 10.2. The van der Waals surface area contributed by atoms with Gasteiger partial charge in [-0.3, -0.25) is 9.52 Å². The molecule has 0 aliphatic carbocycles. The highest BCUT2D eigenvalue weighted by Gasteiger charge is 2.19. The summed E-state index contributed by atoms with van der Waals surface area (Å²) in [4.78, 5) is 14.1. The van der Waals surface area contributed by atoms with Crippen LogP contribution < -0.4 is 4.72 Å². The van der Waals surface area contributed by atoms with Gasteiger partial charge in [0.15, 0.2) is 0 Å². The van der Waals surface area contributed by atoms with Gasteiger partial charge < -0.3 is 9.32 Å². The first-order chi connectivity index (χ1) is 13.2. The Kier molecular flexibility index (Phi) is 5.76. The van der Waals surface area contributed by atoms with Gasteiger partial charge in [-0.05, 0) is 55.5 Å². The highest BCUT2D eigenvalue weighted by molar-refractivity contribution is 7.92. The second-order valence-electron chi connectivity index (χ2n) is 6.32. The first-order valence-corrected chi connectivity index (χ1v) is 10.3. The van der Waals surface area contributed by atoms with Crippen LogP contribution in [0.5, 0.6) is 0 Å². The van der Waals surface area contributed by atoms with E-state index in [9.17, 15) is 13.2 Å². The second kappa shape index (κ2) is 8.08. The Hall–Kier alpha value is -2.77. The van der Waals surface area contributed by atoms with Crippen molar-refractivity contribution in [2.45, 2.75) is 18.4 Å². The molecule has 28 heavy (non-hydrogen) atoms. The Morgan fingerprint density at radius 3 is 2.54 bits per heavy atom. The van der Waals surface area contributed by atoms with E-state index < -0.39 is 10.0 Å². The van der Waals surface area contributed by atoms with Gasteiger partial charge in [-0.1, -0.05) is 23.7 Å². The maximum atomic E-state index is 12.7. The molecule has 0 aliphatic rings. The Labute approximate surface area is 168 Å². The summed E-state index contributed by atoms with van der Waals surface area (Å²) in [5, 5.41) is 0.416. The molecule has 0 unspecified atom stereocenters. The predicted molar refractivity (Wildman–Crippen MR) is 108 cm³/mol. The minimum Gasteiger partial charge on any atom is -0.464 e. The van der Waals surface area contributed by atoms with Gasteiger partial charge in [0.2, 0.25) is 0 Å². The maximum Gasteiger partial charge on any atom is 0.261 e. The molecule has 3 rings (SSSR count). The number of carbonyl (C=O) groups is 1. The zero-order valence-electron chi connectivity index (χ0n) is 15.3. The summed E-state index contributed by atoms with van der Waals surface area (Å²) < 4.78 is 33.3. The summed E-state index contributed by atoms with van der Waals surface area (Å²) in [5.74, 6) is 1.10. The second-order valence-corrected chi connectivity index (χ2v) is 8.44. The molecular formula is C20H19ClN2O4S. The van der Waals surface area contributed by atoms with Crippen LogP contribution >= 0.6 is 11.6 Å². The molecule has 0 aliphatic heterocycles. The van der Waals surface area contributed by atoms with E-state index in [0.717, 1.165) is 5.76 Å². The van der Waals surface area contributed by atoms with Crippen LogP contribution in [0.3, 0.4) is 0 Å². The quantitative estimate of drug-likeness (QED) is 0.646. The molecule has 1 N–H and O–H groups in total.